The number of carbonyl (C=O) groups excluding carboxylic acids is 1. The van der Waals surface area contributed by atoms with Gasteiger partial charge in [0.25, 0.3) is 5.91 Å². The van der Waals surface area contributed by atoms with Gasteiger partial charge in [0.1, 0.15) is 0 Å². The molecular weight excluding hydrogens is 324 g/mol. The Balaban J connectivity index is 2.17. The SMILES string of the molecule is CC[NH2+]c1ncc(C(=O)NCc2ccc(C)c(C)c2)c(Cl)c1C=N. The van der Waals surface area contributed by atoms with E-state index >= 15 is 0 Å². The smallest absolute Gasteiger partial charge is 0.254 e. The van der Waals surface area contributed by atoms with Crippen molar-refractivity contribution in [2.45, 2.75) is 27.3 Å². The van der Waals surface area contributed by atoms with Crippen molar-refractivity contribution in [2.24, 2.45) is 0 Å². The lowest BCUT2D eigenvalue weighted by Gasteiger charge is -2.10. The molecule has 0 unspecified atom stereocenters. The van der Waals surface area contributed by atoms with Gasteiger partial charge in [-0.15, -0.1) is 0 Å². The summed E-state index contributed by atoms with van der Waals surface area (Å²) in [4.78, 5) is 16.7. The molecule has 0 saturated heterocycles. The van der Waals surface area contributed by atoms with E-state index in [1.165, 1.54) is 17.3 Å². The van der Waals surface area contributed by atoms with E-state index in [0.717, 1.165) is 18.3 Å². The van der Waals surface area contributed by atoms with Gasteiger partial charge in [-0.2, -0.15) is 0 Å². The summed E-state index contributed by atoms with van der Waals surface area (Å²) in [7, 11) is 0. The molecule has 1 aromatic carbocycles. The van der Waals surface area contributed by atoms with Crippen molar-refractivity contribution in [1.82, 2.24) is 10.3 Å². The Hall–Kier alpha value is -2.24. The van der Waals surface area contributed by atoms with Gasteiger partial charge in [0.15, 0.2) is 0 Å². The molecule has 0 atom stereocenters. The first-order chi connectivity index (χ1) is 11.5. The third-order valence-corrected chi connectivity index (χ3v) is 4.30. The van der Waals surface area contributed by atoms with Crippen LogP contribution in [0.3, 0.4) is 0 Å². The van der Waals surface area contributed by atoms with Gasteiger partial charge in [-0.1, -0.05) is 29.8 Å². The van der Waals surface area contributed by atoms with Crippen molar-refractivity contribution < 1.29 is 10.1 Å². The van der Waals surface area contributed by atoms with E-state index < -0.39 is 0 Å². The average molecular weight is 346 g/mol. The molecule has 0 saturated carbocycles. The minimum atomic E-state index is -0.295. The Morgan fingerprint density at radius 3 is 2.75 bits per heavy atom. The second-order valence-electron chi connectivity index (χ2n) is 5.64. The van der Waals surface area contributed by atoms with Crippen LogP contribution in [0.2, 0.25) is 5.02 Å². The molecule has 0 spiro atoms. The Bertz CT molecular complexity index is 774. The number of carbonyl (C=O) groups is 1. The molecule has 1 heterocycles. The molecule has 0 aliphatic heterocycles. The Kier molecular flexibility index (Phi) is 6.06. The van der Waals surface area contributed by atoms with E-state index in [1.807, 2.05) is 31.3 Å². The number of aromatic nitrogens is 1. The van der Waals surface area contributed by atoms with Crippen LogP contribution < -0.4 is 10.6 Å². The number of hydrogen-bond acceptors (Lipinski definition) is 3. The zero-order chi connectivity index (χ0) is 17.7. The van der Waals surface area contributed by atoms with Crippen LogP contribution in [0.5, 0.6) is 0 Å². The number of benzene rings is 1. The lowest BCUT2D eigenvalue weighted by molar-refractivity contribution is -0.571. The molecule has 126 valence electrons. The Labute approximate surface area is 147 Å². The number of pyridine rings is 1. The number of nitrogens with zero attached hydrogens (tertiary/aromatic N) is 1. The predicted octanol–water partition coefficient (Wildman–Crippen LogP) is 2.49. The van der Waals surface area contributed by atoms with E-state index in [2.05, 4.69) is 23.3 Å². The summed E-state index contributed by atoms with van der Waals surface area (Å²) in [5.74, 6) is 0.333. The highest BCUT2D eigenvalue weighted by atomic mass is 35.5. The maximum absolute atomic E-state index is 12.4. The standard InChI is InChI=1S/C18H21ClN4O/c1-4-21-17-14(8-20)16(19)15(10-22-17)18(24)23-9-13-6-5-11(2)12(3)7-13/h5-8,10,20H,4,9H2,1-3H3,(H,21,22)(H,23,24)/p+1. The van der Waals surface area contributed by atoms with Crippen molar-refractivity contribution in [2.75, 3.05) is 6.54 Å². The highest BCUT2D eigenvalue weighted by Gasteiger charge is 2.18. The predicted molar refractivity (Wildman–Crippen MR) is 96.3 cm³/mol. The minimum absolute atomic E-state index is 0.261. The zero-order valence-electron chi connectivity index (χ0n) is 14.1. The molecule has 1 amide bonds. The minimum Gasteiger partial charge on any atom is -0.348 e. The largest absolute Gasteiger partial charge is 0.348 e. The summed E-state index contributed by atoms with van der Waals surface area (Å²) < 4.78 is 0. The number of amides is 1. The van der Waals surface area contributed by atoms with Crippen LogP contribution in [0.1, 0.15) is 39.5 Å². The summed E-state index contributed by atoms with van der Waals surface area (Å²) in [5.41, 5.74) is 4.19. The summed E-state index contributed by atoms with van der Waals surface area (Å²) in [6, 6.07) is 6.08. The Morgan fingerprint density at radius 2 is 2.12 bits per heavy atom. The van der Waals surface area contributed by atoms with Crippen LogP contribution in [-0.4, -0.2) is 23.7 Å². The summed E-state index contributed by atoms with van der Waals surface area (Å²) in [6.45, 7) is 7.27. The van der Waals surface area contributed by atoms with Crippen LogP contribution >= 0.6 is 11.6 Å². The average Bonchev–Trinajstić information content (AvgIpc) is 2.56. The monoisotopic (exact) mass is 345 g/mol. The number of aryl methyl sites for hydroxylation is 2. The first kappa shape index (κ1) is 18.1. The molecule has 2 aromatic rings. The molecule has 0 fully saturated rings. The van der Waals surface area contributed by atoms with Crippen molar-refractivity contribution in [1.29, 1.82) is 5.41 Å². The molecule has 6 heteroatoms. The van der Waals surface area contributed by atoms with Crippen LogP contribution in [0.4, 0.5) is 5.82 Å². The second-order valence-corrected chi connectivity index (χ2v) is 6.02. The maximum Gasteiger partial charge on any atom is 0.254 e. The fourth-order valence-corrected chi connectivity index (χ4v) is 2.65. The molecule has 2 rings (SSSR count). The van der Waals surface area contributed by atoms with Gasteiger partial charge >= 0.3 is 0 Å². The van der Waals surface area contributed by atoms with E-state index in [4.69, 9.17) is 17.0 Å². The fraction of sp³-hybridized carbons (Fsp3) is 0.278. The number of nitrogens with one attached hydrogen (secondary N) is 2. The quantitative estimate of drug-likeness (QED) is 0.703. The van der Waals surface area contributed by atoms with E-state index in [0.29, 0.717) is 17.9 Å². The van der Waals surface area contributed by atoms with Gasteiger partial charge in [-0.25, -0.2) is 4.98 Å². The molecule has 1 aromatic heterocycles. The van der Waals surface area contributed by atoms with Gasteiger partial charge in [0.05, 0.1) is 22.7 Å². The fourth-order valence-electron chi connectivity index (χ4n) is 2.36. The first-order valence-corrected chi connectivity index (χ1v) is 8.22. The highest BCUT2D eigenvalue weighted by molar-refractivity contribution is 6.36. The summed E-state index contributed by atoms with van der Waals surface area (Å²) in [6.07, 6.45) is 2.60. The van der Waals surface area contributed by atoms with Crippen LogP contribution in [0, 0.1) is 19.3 Å². The molecule has 5 nitrogen and oxygen atoms in total. The number of nitrogens with two attached hydrogens (primary N) is 1. The first-order valence-electron chi connectivity index (χ1n) is 7.84. The lowest BCUT2D eigenvalue weighted by atomic mass is 10.1. The third-order valence-electron chi connectivity index (χ3n) is 3.89. The van der Waals surface area contributed by atoms with Gasteiger partial charge in [0.2, 0.25) is 5.82 Å². The van der Waals surface area contributed by atoms with Crippen molar-refractivity contribution >= 4 is 29.5 Å². The zero-order valence-corrected chi connectivity index (χ0v) is 14.9. The van der Waals surface area contributed by atoms with Gasteiger partial charge < -0.3 is 10.7 Å². The molecule has 0 radical (unpaired) electrons. The van der Waals surface area contributed by atoms with Crippen LogP contribution in [0.15, 0.2) is 24.4 Å². The molecule has 0 aliphatic rings. The topological polar surface area (TPSA) is 82.5 Å². The third kappa shape index (κ3) is 3.99. The highest BCUT2D eigenvalue weighted by Crippen LogP contribution is 2.22. The lowest BCUT2D eigenvalue weighted by Crippen LogP contribution is -2.78. The van der Waals surface area contributed by atoms with Crippen molar-refractivity contribution in [3.8, 4) is 0 Å². The molecular formula is C18H22ClN4O+. The summed E-state index contributed by atoms with van der Waals surface area (Å²) in [5, 5.41) is 12.5. The van der Waals surface area contributed by atoms with Gasteiger partial charge in [-0.3, -0.25) is 10.1 Å². The number of halogens is 1. The normalized spacial score (nSPS) is 10.5. The van der Waals surface area contributed by atoms with E-state index in [1.54, 1.807) is 0 Å². The molecule has 24 heavy (non-hydrogen) atoms. The maximum atomic E-state index is 12.4. The van der Waals surface area contributed by atoms with E-state index in [-0.39, 0.29) is 16.5 Å². The van der Waals surface area contributed by atoms with Crippen LogP contribution in [0.25, 0.3) is 0 Å². The number of hydrogen-bond donors (Lipinski definition) is 3. The van der Waals surface area contributed by atoms with Crippen LogP contribution in [-0.2, 0) is 6.54 Å². The second kappa shape index (κ2) is 8.04. The number of rotatable bonds is 6. The van der Waals surface area contributed by atoms with Crippen molar-refractivity contribution in [3.05, 3.63) is 57.2 Å². The van der Waals surface area contributed by atoms with Gasteiger partial charge in [0, 0.05) is 19.0 Å². The Morgan fingerprint density at radius 1 is 1.38 bits per heavy atom. The van der Waals surface area contributed by atoms with Gasteiger partial charge in [-0.05, 0) is 37.5 Å². The van der Waals surface area contributed by atoms with E-state index in [9.17, 15) is 4.79 Å². The summed E-state index contributed by atoms with van der Waals surface area (Å²) >= 11 is 6.30. The molecule has 0 bridgehead atoms. The van der Waals surface area contributed by atoms with Crippen molar-refractivity contribution in [3.63, 3.8) is 0 Å². The molecule has 0 aliphatic carbocycles. The molecule has 4 N–H and O–H groups in total. The number of quaternary nitrogens is 1.